The van der Waals surface area contributed by atoms with Crippen molar-refractivity contribution in [3.63, 3.8) is 0 Å². The summed E-state index contributed by atoms with van der Waals surface area (Å²) in [4.78, 5) is 12.5. The lowest BCUT2D eigenvalue weighted by Crippen LogP contribution is -2.42. The summed E-state index contributed by atoms with van der Waals surface area (Å²) in [7, 11) is 0. The number of carbonyl (C=O) groups is 1. The number of benzene rings is 1. The molecular formula is C16H20BrNOS2. The Balaban J connectivity index is 1.70. The second kappa shape index (κ2) is 7.42. The van der Waals surface area contributed by atoms with E-state index in [0.717, 1.165) is 16.0 Å². The molecule has 1 saturated carbocycles. The number of halogens is 1. The molecule has 0 aromatic heterocycles. The average molecular weight is 386 g/mol. The molecule has 2 aliphatic rings. The number of carbonyl (C=O) groups excluding carboxylic acids is 1. The zero-order valence-electron chi connectivity index (χ0n) is 11.9. The van der Waals surface area contributed by atoms with Crippen LogP contribution in [0.2, 0.25) is 0 Å². The highest BCUT2D eigenvalue weighted by atomic mass is 79.9. The normalized spacial score (nSPS) is 24.1. The van der Waals surface area contributed by atoms with Gasteiger partial charge in [-0.1, -0.05) is 34.5 Å². The molecule has 1 N–H and O–H groups in total. The van der Waals surface area contributed by atoms with E-state index in [1.165, 1.54) is 30.6 Å². The van der Waals surface area contributed by atoms with Gasteiger partial charge in [0.15, 0.2) is 0 Å². The fraction of sp³-hybridized carbons (Fsp3) is 0.562. The van der Waals surface area contributed by atoms with Gasteiger partial charge in [0, 0.05) is 21.7 Å². The molecule has 0 radical (unpaired) electrons. The molecule has 3 rings (SSSR count). The Hall–Kier alpha value is -0.130. The number of thioether (sulfide) groups is 2. The van der Waals surface area contributed by atoms with Crippen molar-refractivity contribution in [1.29, 1.82) is 0 Å². The predicted octanol–water partition coefficient (Wildman–Crippen LogP) is 4.26. The SMILES string of the molecule is O=C(NC(c1ccc(Br)cc1)C1CCC1)C1CSCCS1. The van der Waals surface area contributed by atoms with Crippen LogP contribution in [0.5, 0.6) is 0 Å². The molecule has 1 saturated heterocycles. The van der Waals surface area contributed by atoms with Gasteiger partial charge in [0.2, 0.25) is 5.91 Å². The Morgan fingerprint density at radius 1 is 1.24 bits per heavy atom. The maximum Gasteiger partial charge on any atom is 0.234 e. The van der Waals surface area contributed by atoms with Crippen LogP contribution in [-0.4, -0.2) is 28.4 Å². The molecule has 2 fully saturated rings. The number of amides is 1. The fourth-order valence-corrected chi connectivity index (χ4v) is 5.63. The van der Waals surface area contributed by atoms with Crippen LogP contribution in [0.15, 0.2) is 28.7 Å². The van der Waals surface area contributed by atoms with Crippen LogP contribution in [-0.2, 0) is 4.79 Å². The van der Waals surface area contributed by atoms with Crippen LogP contribution >= 0.6 is 39.5 Å². The molecule has 114 valence electrons. The van der Waals surface area contributed by atoms with Gasteiger partial charge < -0.3 is 5.32 Å². The predicted molar refractivity (Wildman–Crippen MR) is 95.9 cm³/mol. The first-order valence-electron chi connectivity index (χ1n) is 7.49. The van der Waals surface area contributed by atoms with E-state index in [1.54, 1.807) is 0 Å². The van der Waals surface area contributed by atoms with E-state index in [2.05, 4.69) is 45.5 Å². The molecule has 21 heavy (non-hydrogen) atoms. The zero-order valence-corrected chi connectivity index (χ0v) is 15.1. The van der Waals surface area contributed by atoms with Gasteiger partial charge in [-0.2, -0.15) is 11.8 Å². The molecule has 1 heterocycles. The van der Waals surface area contributed by atoms with Crippen molar-refractivity contribution in [2.24, 2.45) is 5.92 Å². The molecule has 0 spiro atoms. The van der Waals surface area contributed by atoms with E-state index in [-0.39, 0.29) is 17.2 Å². The molecule has 1 aliphatic heterocycles. The first-order valence-corrected chi connectivity index (χ1v) is 10.5. The lowest BCUT2D eigenvalue weighted by Gasteiger charge is -2.35. The summed E-state index contributed by atoms with van der Waals surface area (Å²) in [6.07, 6.45) is 3.75. The Morgan fingerprint density at radius 3 is 2.57 bits per heavy atom. The highest BCUT2D eigenvalue weighted by Gasteiger charge is 2.32. The van der Waals surface area contributed by atoms with Gasteiger partial charge in [-0.15, -0.1) is 11.8 Å². The third-order valence-electron chi connectivity index (χ3n) is 4.26. The first kappa shape index (κ1) is 15.8. The second-order valence-corrected chi connectivity index (χ2v) is 9.04. The van der Waals surface area contributed by atoms with E-state index in [4.69, 9.17) is 0 Å². The van der Waals surface area contributed by atoms with Crippen LogP contribution in [0.1, 0.15) is 30.9 Å². The molecule has 0 bridgehead atoms. The van der Waals surface area contributed by atoms with Gasteiger partial charge in [-0.25, -0.2) is 0 Å². The number of hydrogen-bond donors (Lipinski definition) is 1. The Morgan fingerprint density at radius 2 is 2.00 bits per heavy atom. The van der Waals surface area contributed by atoms with Crippen LogP contribution in [0.4, 0.5) is 0 Å². The molecule has 1 aromatic carbocycles. The molecular weight excluding hydrogens is 366 g/mol. The highest BCUT2D eigenvalue weighted by molar-refractivity contribution is 9.10. The molecule has 1 amide bonds. The van der Waals surface area contributed by atoms with Gasteiger partial charge in [0.05, 0.1) is 11.3 Å². The largest absolute Gasteiger partial charge is 0.348 e. The van der Waals surface area contributed by atoms with Crippen LogP contribution in [0, 0.1) is 5.92 Å². The minimum Gasteiger partial charge on any atom is -0.348 e. The van der Waals surface area contributed by atoms with Crippen molar-refractivity contribution in [3.05, 3.63) is 34.3 Å². The van der Waals surface area contributed by atoms with E-state index in [1.807, 2.05) is 23.5 Å². The summed E-state index contributed by atoms with van der Waals surface area (Å²) in [5, 5.41) is 3.46. The molecule has 2 atom stereocenters. The van der Waals surface area contributed by atoms with Crippen LogP contribution in [0.3, 0.4) is 0 Å². The van der Waals surface area contributed by atoms with Gasteiger partial charge in [-0.3, -0.25) is 4.79 Å². The lowest BCUT2D eigenvalue weighted by molar-refractivity contribution is -0.121. The summed E-state index contributed by atoms with van der Waals surface area (Å²) < 4.78 is 1.09. The van der Waals surface area contributed by atoms with E-state index < -0.39 is 0 Å². The van der Waals surface area contributed by atoms with Gasteiger partial charge in [0.25, 0.3) is 0 Å². The van der Waals surface area contributed by atoms with Crippen molar-refractivity contribution in [1.82, 2.24) is 5.32 Å². The van der Waals surface area contributed by atoms with Crippen molar-refractivity contribution < 1.29 is 4.79 Å². The van der Waals surface area contributed by atoms with Crippen LogP contribution in [0.25, 0.3) is 0 Å². The van der Waals surface area contributed by atoms with Gasteiger partial charge in [-0.05, 0) is 36.5 Å². The Kier molecular flexibility index (Phi) is 5.57. The summed E-state index contributed by atoms with van der Waals surface area (Å²) in [5.74, 6) is 4.06. The molecule has 1 aromatic rings. The monoisotopic (exact) mass is 385 g/mol. The summed E-state index contributed by atoms with van der Waals surface area (Å²) in [6, 6.07) is 8.59. The average Bonchev–Trinajstić information content (AvgIpc) is 2.46. The van der Waals surface area contributed by atoms with Crippen LogP contribution < -0.4 is 5.32 Å². The molecule has 1 aliphatic carbocycles. The maximum atomic E-state index is 12.5. The molecule has 2 nitrogen and oxygen atoms in total. The second-order valence-electron chi connectivity index (χ2n) is 5.66. The topological polar surface area (TPSA) is 29.1 Å². The highest BCUT2D eigenvalue weighted by Crippen LogP contribution is 2.38. The Bertz CT molecular complexity index is 484. The smallest absolute Gasteiger partial charge is 0.234 e. The summed E-state index contributed by atoms with van der Waals surface area (Å²) in [5.41, 5.74) is 1.24. The van der Waals surface area contributed by atoms with Crippen molar-refractivity contribution in [2.45, 2.75) is 30.6 Å². The van der Waals surface area contributed by atoms with Gasteiger partial charge in [0.1, 0.15) is 0 Å². The number of nitrogens with one attached hydrogen (secondary N) is 1. The van der Waals surface area contributed by atoms with Crippen molar-refractivity contribution in [2.75, 3.05) is 17.3 Å². The fourth-order valence-electron chi connectivity index (χ4n) is 2.80. The quantitative estimate of drug-likeness (QED) is 0.839. The zero-order chi connectivity index (χ0) is 14.7. The van der Waals surface area contributed by atoms with Gasteiger partial charge >= 0.3 is 0 Å². The number of rotatable bonds is 4. The lowest BCUT2D eigenvalue weighted by atomic mass is 9.77. The van der Waals surface area contributed by atoms with Crippen molar-refractivity contribution >= 4 is 45.4 Å². The summed E-state index contributed by atoms with van der Waals surface area (Å²) in [6.45, 7) is 0. The van der Waals surface area contributed by atoms with E-state index in [9.17, 15) is 4.79 Å². The molecule has 2 unspecified atom stereocenters. The van der Waals surface area contributed by atoms with Crippen molar-refractivity contribution in [3.8, 4) is 0 Å². The van der Waals surface area contributed by atoms with E-state index in [0.29, 0.717) is 5.92 Å². The summed E-state index contributed by atoms with van der Waals surface area (Å²) >= 11 is 7.19. The number of hydrogen-bond acceptors (Lipinski definition) is 3. The third kappa shape index (κ3) is 3.99. The van der Waals surface area contributed by atoms with E-state index >= 15 is 0 Å². The molecule has 5 heteroatoms. The Labute approximate surface area is 143 Å². The minimum absolute atomic E-state index is 0.127. The maximum absolute atomic E-state index is 12.5. The standard InChI is InChI=1S/C16H20BrNOS2/c17-13-6-4-12(5-7-13)15(11-2-1-3-11)18-16(19)14-10-20-8-9-21-14/h4-7,11,14-15H,1-3,8-10H2,(H,18,19). The minimum atomic E-state index is 0.127. The third-order valence-corrected chi connectivity index (χ3v) is 7.54. The first-order chi connectivity index (χ1) is 10.2.